The van der Waals surface area contributed by atoms with E-state index in [1.54, 1.807) is 7.11 Å². The van der Waals surface area contributed by atoms with Crippen molar-refractivity contribution in [2.24, 2.45) is 0 Å². The second-order valence-corrected chi connectivity index (χ2v) is 17.9. The minimum Gasteiger partial charge on any atom is -0.748 e. The normalized spacial score (nSPS) is 12.3. The van der Waals surface area contributed by atoms with Crippen molar-refractivity contribution >= 4 is 25.9 Å². The van der Waals surface area contributed by atoms with Gasteiger partial charge in [0.15, 0.2) is 0 Å². The average molecular weight is 898 g/mol. The van der Waals surface area contributed by atoms with E-state index in [4.69, 9.17) is 14.2 Å². The van der Waals surface area contributed by atoms with E-state index in [9.17, 15) is 25.9 Å². The molecule has 0 spiro atoms. The van der Waals surface area contributed by atoms with Gasteiger partial charge in [-0.15, -0.1) is 0 Å². The summed E-state index contributed by atoms with van der Waals surface area (Å²) in [6.07, 6.45) is 11.9. The van der Waals surface area contributed by atoms with Gasteiger partial charge in [-0.3, -0.25) is 0 Å². The van der Waals surface area contributed by atoms with E-state index < -0.39 is 37.3 Å². The topological polar surface area (TPSA) is 145 Å². The van der Waals surface area contributed by atoms with Gasteiger partial charge in [0.05, 0.1) is 40.6 Å². The zero-order valence-corrected chi connectivity index (χ0v) is 41.8. The molecule has 0 saturated heterocycles. The summed E-state index contributed by atoms with van der Waals surface area (Å²) in [5.41, 5.74) is 3.86. The minimum absolute atomic E-state index is 0. The van der Waals surface area contributed by atoms with Crippen LogP contribution in [0.25, 0.3) is 0 Å². The molecule has 4 rings (SSSR count). The summed E-state index contributed by atoms with van der Waals surface area (Å²) in [4.78, 5) is 2.03. The number of rotatable bonds is 29. The van der Waals surface area contributed by atoms with Gasteiger partial charge in [-0.1, -0.05) is 126 Å². The predicted molar refractivity (Wildman–Crippen MR) is 237 cm³/mol. The maximum Gasteiger partial charge on any atom is 1.00 e. The molecule has 326 valence electrons. The van der Waals surface area contributed by atoms with Gasteiger partial charge in [-0.05, 0) is 97.2 Å². The summed E-state index contributed by atoms with van der Waals surface area (Å²) in [6, 6.07) is 34.4. The molecule has 4 aromatic carbocycles. The summed E-state index contributed by atoms with van der Waals surface area (Å²) in [7, 11) is -6.97. The van der Waals surface area contributed by atoms with Crippen LogP contribution in [0.4, 0.5) is 5.69 Å². The van der Waals surface area contributed by atoms with E-state index in [1.807, 2.05) is 83.8 Å². The van der Waals surface area contributed by atoms with Crippen LogP contribution in [0.1, 0.15) is 114 Å². The molecule has 0 N–H and O–H groups in total. The number of hydrogen-bond acceptors (Lipinski definition) is 10. The third kappa shape index (κ3) is 20.6. The maximum absolute atomic E-state index is 11.1. The molecule has 0 heterocycles. The van der Waals surface area contributed by atoms with Gasteiger partial charge in [-0.2, -0.15) is 0 Å². The Hall–Kier alpha value is -1.94. The Labute approximate surface area is 411 Å². The van der Waals surface area contributed by atoms with Crippen LogP contribution in [0.5, 0.6) is 11.5 Å². The molecule has 0 saturated carbocycles. The van der Waals surface area contributed by atoms with Crippen LogP contribution < -0.4 is 73.5 Å². The predicted octanol–water partition coefficient (Wildman–Crippen LogP) is 3.87. The fourth-order valence-corrected chi connectivity index (χ4v) is 8.30. The summed E-state index contributed by atoms with van der Waals surface area (Å²) in [5, 5.41) is 0. The quantitative estimate of drug-likeness (QED) is 0.0341. The van der Waals surface area contributed by atoms with Crippen molar-refractivity contribution in [1.82, 2.24) is 0 Å². The molecule has 0 fully saturated rings. The van der Waals surface area contributed by atoms with Gasteiger partial charge in [-0.25, -0.2) is 16.8 Å². The second-order valence-electron chi connectivity index (χ2n) is 14.8. The summed E-state index contributed by atoms with van der Waals surface area (Å²) >= 11 is 0. The standard InChI is InChI=1S/C46H63NO9S2.CH4.2Na/c1-3-4-5-6-7-8-9-15-35-55-45-30-24-42(25-31-45)46(40-18-11-10-12-19-40,41-22-28-44(54-2)29-23-41)56-36-32-39-20-26-43(27-21-39)47(33-13-16-37-57(48,49)50)34-14-17-38-58(51,52)53;;;/h10-12,18-31H,3-9,13-17,32-38H2,1-2H3,(H,48,49,50)(H,51,52,53);1H4;;/q;;2*+1/p-2. The summed E-state index contributed by atoms with van der Waals surface area (Å²) in [5.74, 6) is 0.692. The van der Waals surface area contributed by atoms with Crippen molar-refractivity contribution in [1.29, 1.82) is 0 Å². The van der Waals surface area contributed by atoms with Crippen molar-refractivity contribution in [3.05, 3.63) is 125 Å². The minimum atomic E-state index is -4.31. The molecule has 1 unspecified atom stereocenters. The zero-order valence-electron chi connectivity index (χ0n) is 36.2. The van der Waals surface area contributed by atoms with Crippen LogP contribution in [-0.2, 0) is 37.0 Å². The molecule has 10 nitrogen and oxygen atoms in total. The fraction of sp³-hybridized carbons (Fsp3) is 0.489. The van der Waals surface area contributed by atoms with E-state index >= 15 is 0 Å². The molecule has 1 atom stereocenters. The van der Waals surface area contributed by atoms with E-state index in [1.165, 1.54) is 44.9 Å². The van der Waals surface area contributed by atoms with Crippen LogP contribution in [0.15, 0.2) is 103 Å². The number of anilines is 1. The molecule has 0 aliphatic carbocycles. The third-order valence-corrected chi connectivity index (χ3v) is 11.9. The number of hydrogen-bond donors (Lipinski definition) is 0. The largest absolute Gasteiger partial charge is 1.00 e. The molecule has 0 radical (unpaired) electrons. The Bertz CT molecular complexity index is 1930. The molecule has 0 aliphatic rings. The van der Waals surface area contributed by atoms with E-state index in [0.717, 1.165) is 45.9 Å². The van der Waals surface area contributed by atoms with Crippen molar-refractivity contribution in [2.75, 3.05) is 49.8 Å². The smallest absolute Gasteiger partial charge is 0.748 e. The van der Waals surface area contributed by atoms with Crippen molar-refractivity contribution in [2.45, 2.75) is 103 Å². The zero-order chi connectivity index (χ0) is 41.7. The summed E-state index contributed by atoms with van der Waals surface area (Å²) in [6.45, 7) is 4.27. The Kier molecular flexibility index (Phi) is 28.3. The Morgan fingerprint density at radius 1 is 0.557 bits per heavy atom. The van der Waals surface area contributed by atoms with Crippen LogP contribution in [0, 0.1) is 0 Å². The molecule has 14 heteroatoms. The number of methoxy groups -OCH3 is 1. The molecule has 0 aromatic heterocycles. The van der Waals surface area contributed by atoms with Gasteiger partial charge in [0.1, 0.15) is 17.1 Å². The molecular weight excluding hydrogens is 833 g/mol. The molecular formula is C47H65NNa2O9S2. The number of nitrogens with zero attached hydrogens (tertiary/aromatic N) is 1. The first-order chi connectivity index (χ1) is 27.9. The van der Waals surface area contributed by atoms with Crippen molar-refractivity contribution < 1.29 is 99.3 Å². The molecule has 0 amide bonds. The Morgan fingerprint density at radius 3 is 1.52 bits per heavy atom. The monoisotopic (exact) mass is 897 g/mol. The Balaban J connectivity index is 0.00000620. The second kappa shape index (κ2) is 30.2. The number of ether oxygens (including phenoxy) is 3. The van der Waals surface area contributed by atoms with Gasteiger partial charge in [0.25, 0.3) is 0 Å². The van der Waals surface area contributed by atoms with E-state index in [-0.39, 0.29) is 79.4 Å². The van der Waals surface area contributed by atoms with Crippen molar-refractivity contribution in [3.8, 4) is 11.5 Å². The maximum atomic E-state index is 11.1. The fourth-order valence-electron chi connectivity index (χ4n) is 7.19. The molecule has 61 heavy (non-hydrogen) atoms. The van der Waals surface area contributed by atoms with Gasteiger partial charge < -0.3 is 28.2 Å². The first-order valence-corrected chi connectivity index (χ1v) is 23.9. The van der Waals surface area contributed by atoms with Crippen LogP contribution in [0.3, 0.4) is 0 Å². The average Bonchev–Trinajstić information content (AvgIpc) is 3.21. The summed E-state index contributed by atoms with van der Waals surface area (Å²) < 4.78 is 85.6. The number of unbranched alkanes of at least 4 members (excludes halogenated alkanes) is 9. The van der Waals surface area contributed by atoms with Gasteiger partial charge in [0, 0.05) is 30.3 Å². The first kappa shape index (κ1) is 57.1. The first-order valence-electron chi connectivity index (χ1n) is 20.7. The number of benzene rings is 4. The van der Waals surface area contributed by atoms with Gasteiger partial charge >= 0.3 is 59.1 Å². The Morgan fingerprint density at radius 2 is 1.03 bits per heavy atom. The van der Waals surface area contributed by atoms with Crippen molar-refractivity contribution in [3.63, 3.8) is 0 Å². The van der Waals surface area contributed by atoms with E-state index in [2.05, 4.69) is 31.2 Å². The van der Waals surface area contributed by atoms with Crippen LogP contribution in [-0.4, -0.2) is 70.9 Å². The molecule has 0 bridgehead atoms. The SMILES string of the molecule is C.CCCCCCCCCCOc1ccc(C(OCCc2ccc(N(CCCCS(=O)(=O)[O-])CCCCS(=O)(=O)[O-])cc2)(c2ccccc2)c2ccc(OC)cc2)cc1.[Na+].[Na+]. The van der Waals surface area contributed by atoms with Gasteiger partial charge in [0.2, 0.25) is 0 Å². The third-order valence-electron chi connectivity index (χ3n) is 10.4. The molecule has 4 aromatic rings. The molecule has 0 aliphatic heterocycles. The van der Waals surface area contributed by atoms with Crippen LogP contribution >= 0.6 is 0 Å². The van der Waals surface area contributed by atoms with E-state index in [0.29, 0.717) is 45.6 Å². The van der Waals surface area contributed by atoms with Crippen LogP contribution in [0.2, 0.25) is 0 Å².